The number of anilines is 1. The summed E-state index contributed by atoms with van der Waals surface area (Å²) < 4.78 is 2.08. The number of nitrogens with one attached hydrogen (secondary N) is 1. The van der Waals surface area contributed by atoms with E-state index in [1.807, 2.05) is 17.6 Å². The predicted molar refractivity (Wildman–Crippen MR) is 79.9 cm³/mol. The van der Waals surface area contributed by atoms with Crippen molar-refractivity contribution in [2.45, 2.75) is 6.92 Å². The maximum Gasteiger partial charge on any atom is 0.172 e. The summed E-state index contributed by atoms with van der Waals surface area (Å²) in [5.41, 5.74) is 0. The summed E-state index contributed by atoms with van der Waals surface area (Å²) in [6.07, 6.45) is 1.84. The highest BCUT2D eigenvalue weighted by molar-refractivity contribution is 14.1. The summed E-state index contributed by atoms with van der Waals surface area (Å²) in [5.74, 6) is 1.66. The monoisotopic (exact) mass is 409 g/mol. The molecule has 2 rings (SSSR count). The average molecular weight is 410 g/mol. The number of nitrogens with zero attached hydrogens (tertiary/aromatic N) is 2. The van der Waals surface area contributed by atoms with Gasteiger partial charge in [-0.25, -0.2) is 9.97 Å². The maximum atomic E-state index is 4.52. The molecule has 0 aliphatic carbocycles. The van der Waals surface area contributed by atoms with Crippen LogP contribution in [0.3, 0.4) is 0 Å². The Labute approximate surface area is 120 Å². The van der Waals surface area contributed by atoms with Crippen molar-refractivity contribution in [3.8, 4) is 10.7 Å². The van der Waals surface area contributed by atoms with Crippen molar-refractivity contribution in [2.24, 2.45) is 0 Å². The number of hydrogen-bond acceptors (Lipinski definition) is 4. The van der Waals surface area contributed by atoms with E-state index in [9.17, 15) is 0 Å². The van der Waals surface area contributed by atoms with Gasteiger partial charge in [-0.1, -0.05) is 0 Å². The number of aromatic nitrogens is 2. The number of hydrogen-bond donors (Lipinski definition) is 1. The third-order valence-corrected chi connectivity index (χ3v) is 4.53. The third kappa shape index (κ3) is 2.54. The van der Waals surface area contributed by atoms with Crippen molar-refractivity contribution in [1.29, 1.82) is 0 Å². The van der Waals surface area contributed by atoms with Gasteiger partial charge in [-0.3, -0.25) is 0 Å². The molecule has 0 atom stereocenters. The van der Waals surface area contributed by atoms with Gasteiger partial charge in [0.15, 0.2) is 5.82 Å². The molecule has 0 saturated heterocycles. The minimum absolute atomic E-state index is 0.762. The maximum absolute atomic E-state index is 4.52. The molecule has 2 aromatic rings. The summed E-state index contributed by atoms with van der Waals surface area (Å²) >= 11 is 7.36. The molecule has 3 nitrogen and oxygen atoms in total. The third-order valence-electron chi connectivity index (χ3n) is 1.91. The van der Waals surface area contributed by atoms with E-state index >= 15 is 0 Å². The molecule has 0 aromatic carbocycles. The van der Waals surface area contributed by atoms with Crippen LogP contribution in [0.1, 0.15) is 6.92 Å². The van der Waals surface area contributed by atoms with E-state index < -0.39 is 0 Å². The highest BCUT2D eigenvalue weighted by atomic mass is 127. The molecule has 6 heteroatoms. The van der Waals surface area contributed by atoms with Crippen LogP contribution in [0.5, 0.6) is 0 Å². The molecule has 84 valence electrons. The molecule has 0 saturated carbocycles. The first-order chi connectivity index (χ1) is 7.72. The number of halogens is 2. The Hall–Kier alpha value is -0.210. The summed E-state index contributed by atoms with van der Waals surface area (Å²) in [5, 5.41) is 5.25. The standard InChI is InChI=1S/C10H9BrIN3S/c1-2-13-9-7(12)5-14-10(15-9)8-6(11)3-4-16-8/h3-5H,2H2,1H3,(H,13,14,15). The molecule has 0 unspecified atom stereocenters. The molecule has 0 amide bonds. The molecule has 2 aromatic heterocycles. The van der Waals surface area contributed by atoms with E-state index in [1.165, 1.54) is 0 Å². The molecule has 16 heavy (non-hydrogen) atoms. The fourth-order valence-corrected chi connectivity index (χ4v) is 3.16. The van der Waals surface area contributed by atoms with Gasteiger partial charge < -0.3 is 5.32 Å². The summed E-state index contributed by atoms with van der Waals surface area (Å²) in [7, 11) is 0. The largest absolute Gasteiger partial charge is 0.369 e. The average Bonchev–Trinajstić information content (AvgIpc) is 2.68. The fraction of sp³-hybridized carbons (Fsp3) is 0.200. The van der Waals surface area contributed by atoms with Gasteiger partial charge in [-0.15, -0.1) is 11.3 Å². The Morgan fingerprint density at radius 1 is 1.56 bits per heavy atom. The van der Waals surface area contributed by atoms with E-state index in [-0.39, 0.29) is 0 Å². The van der Waals surface area contributed by atoms with Crippen LogP contribution in [0.4, 0.5) is 5.82 Å². The normalized spacial score (nSPS) is 10.4. The lowest BCUT2D eigenvalue weighted by atomic mass is 10.4. The van der Waals surface area contributed by atoms with Crippen LogP contribution in [0.2, 0.25) is 0 Å². The Morgan fingerprint density at radius 2 is 2.38 bits per heavy atom. The van der Waals surface area contributed by atoms with Crippen molar-refractivity contribution >= 4 is 55.7 Å². The molecule has 0 fully saturated rings. The van der Waals surface area contributed by atoms with Gasteiger partial charge in [-0.05, 0) is 56.9 Å². The second kappa shape index (κ2) is 5.42. The molecular formula is C10H9BrIN3S. The van der Waals surface area contributed by atoms with Crippen LogP contribution in [-0.2, 0) is 0 Å². The zero-order valence-electron chi connectivity index (χ0n) is 8.50. The van der Waals surface area contributed by atoms with E-state index in [0.29, 0.717) is 0 Å². The van der Waals surface area contributed by atoms with Gasteiger partial charge in [-0.2, -0.15) is 0 Å². The Morgan fingerprint density at radius 3 is 3.00 bits per heavy atom. The van der Waals surface area contributed by atoms with E-state index in [1.54, 1.807) is 11.3 Å². The van der Waals surface area contributed by atoms with Crippen molar-refractivity contribution in [2.75, 3.05) is 11.9 Å². The van der Waals surface area contributed by atoms with E-state index in [4.69, 9.17) is 0 Å². The van der Waals surface area contributed by atoms with Crippen LogP contribution >= 0.6 is 49.9 Å². The predicted octanol–water partition coefficient (Wildman–Crippen LogP) is 4.00. The van der Waals surface area contributed by atoms with Crippen LogP contribution in [0, 0.1) is 3.57 Å². The highest BCUT2D eigenvalue weighted by Gasteiger charge is 2.10. The smallest absolute Gasteiger partial charge is 0.172 e. The van der Waals surface area contributed by atoms with Gasteiger partial charge in [0.25, 0.3) is 0 Å². The first kappa shape index (κ1) is 12.3. The molecule has 1 N–H and O–H groups in total. The molecule has 0 spiro atoms. The molecule has 0 radical (unpaired) electrons. The first-order valence-corrected chi connectivity index (χ1v) is 7.47. The molecule has 0 bridgehead atoms. The summed E-state index contributed by atoms with van der Waals surface area (Å²) in [4.78, 5) is 9.93. The molecule has 0 aliphatic heterocycles. The second-order valence-corrected chi connectivity index (χ2v) is 5.95. The highest BCUT2D eigenvalue weighted by Crippen LogP contribution is 2.32. The van der Waals surface area contributed by atoms with Crippen molar-refractivity contribution in [3.05, 3.63) is 25.7 Å². The molecular weight excluding hydrogens is 401 g/mol. The quantitative estimate of drug-likeness (QED) is 0.778. The molecule has 2 heterocycles. The Kier molecular flexibility index (Phi) is 4.15. The fourth-order valence-electron chi connectivity index (χ4n) is 1.22. The van der Waals surface area contributed by atoms with Gasteiger partial charge in [0.1, 0.15) is 5.82 Å². The van der Waals surface area contributed by atoms with Gasteiger partial charge >= 0.3 is 0 Å². The van der Waals surface area contributed by atoms with Crippen LogP contribution in [0.15, 0.2) is 22.1 Å². The van der Waals surface area contributed by atoms with Crippen LogP contribution in [0.25, 0.3) is 10.7 Å². The van der Waals surface area contributed by atoms with Crippen molar-refractivity contribution in [1.82, 2.24) is 9.97 Å². The second-order valence-electron chi connectivity index (χ2n) is 3.02. The SMILES string of the molecule is CCNc1nc(-c2sccc2Br)ncc1I. The lowest BCUT2D eigenvalue weighted by molar-refractivity contribution is 1.11. The van der Waals surface area contributed by atoms with E-state index in [2.05, 4.69) is 60.7 Å². The Balaban J connectivity index is 2.43. The van der Waals surface area contributed by atoms with Crippen molar-refractivity contribution < 1.29 is 0 Å². The topological polar surface area (TPSA) is 37.8 Å². The van der Waals surface area contributed by atoms with Gasteiger partial charge in [0.2, 0.25) is 0 Å². The number of thiophene rings is 1. The zero-order valence-corrected chi connectivity index (χ0v) is 13.1. The lowest BCUT2D eigenvalue weighted by Gasteiger charge is -2.06. The lowest BCUT2D eigenvalue weighted by Crippen LogP contribution is -2.03. The zero-order chi connectivity index (χ0) is 11.5. The minimum Gasteiger partial charge on any atom is -0.369 e. The number of rotatable bonds is 3. The van der Waals surface area contributed by atoms with Crippen molar-refractivity contribution in [3.63, 3.8) is 0 Å². The minimum atomic E-state index is 0.762. The Bertz CT molecular complexity index is 501. The van der Waals surface area contributed by atoms with Crippen LogP contribution < -0.4 is 5.32 Å². The molecule has 0 aliphatic rings. The van der Waals surface area contributed by atoms with Gasteiger partial charge in [0, 0.05) is 17.2 Å². The van der Waals surface area contributed by atoms with Crippen LogP contribution in [-0.4, -0.2) is 16.5 Å². The summed E-state index contributed by atoms with van der Waals surface area (Å²) in [6.45, 7) is 2.91. The van der Waals surface area contributed by atoms with E-state index in [0.717, 1.165) is 31.1 Å². The summed E-state index contributed by atoms with van der Waals surface area (Å²) in [6, 6.07) is 2.01. The van der Waals surface area contributed by atoms with Gasteiger partial charge in [0.05, 0.1) is 8.45 Å². The first-order valence-electron chi connectivity index (χ1n) is 4.72.